The summed E-state index contributed by atoms with van der Waals surface area (Å²) in [5.74, 6) is 0. The number of aliphatic hydroxyl groups excluding tert-OH is 1. The second kappa shape index (κ2) is 7.02. The Bertz CT molecular complexity index is 502. The number of hydrogen-bond acceptors (Lipinski definition) is 5. The van der Waals surface area contributed by atoms with E-state index in [2.05, 4.69) is 33.9 Å². The molecule has 0 aliphatic carbocycles. The zero-order valence-electron chi connectivity index (χ0n) is 16.2. The van der Waals surface area contributed by atoms with Crippen LogP contribution in [0.5, 0.6) is 0 Å². The molecule has 1 saturated heterocycles. The summed E-state index contributed by atoms with van der Waals surface area (Å²) in [4.78, 5) is 13.9. The van der Waals surface area contributed by atoms with Crippen LogP contribution in [0.1, 0.15) is 48.0 Å². The molecule has 1 amide bonds. The lowest BCUT2D eigenvalue weighted by molar-refractivity contribution is 0.0113. The third kappa shape index (κ3) is 5.20. The van der Waals surface area contributed by atoms with Gasteiger partial charge >= 0.3 is 6.09 Å². The van der Waals surface area contributed by atoms with Gasteiger partial charge in [0.1, 0.15) is 5.60 Å². The van der Waals surface area contributed by atoms with E-state index in [1.54, 1.807) is 20.8 Å². The number of amides is 1. The zero-order valence-corrected chi connectivity index (χ0v) is 17.2. The molecule has 0 aromatic carbocycles. The topological polar surface area (TPSA) is 82.8 Å². The second-order valence-corrected chi connectivity index (χ2v) is 13.8. The van der Waals surface area contributed by atoms with Crippen LogP contribution in [0.15, 0.2) is 0 Å². The summed E-state index contributed by atoms with van der Waals surface area (Å²) in [5.41, 5.74) is -0.627. The van der Waals surface area contributed by atoms with Gasteiger partial charge in [-0.1, -0.05) is 20.8 Å². The van der Waals surface area contributed by atoms with E-state index in [9.17, 15) is 9.90 Å². The first-order valence-corrected chi connectivity index (χ1v) is 11.3. The van der Waals surface area contributed by atoms with Crippen molar-refractivity contribution < 1.29 is 19.1 Å². The first-order valence-electron chi connectivity index (χ1n) is 8.43. The molecule has 0 saturated carbocycles. The Labute approximate surface area is 146 Å². The molecule has 1 unspecified atom stereocenters. The van der Waals surface area contributed by atoms with Crippen molar-refractivity contribution in [2.45, 2.75) is 89.9 Å². The van der Waals surface area contributed by atoms with Crippen molar-refractivity contribution >= 4 is 14.4 Å². The Morgan fingerprint density at radius 2 is 1.83 bits per heavy atom. The van der Waals surface area contributed by atoms with E-state index < -0.39 is 32.2 Å². The Kier molecular flexibility index (Phi) is 6.13. The van der Waals surface area contributed by atoms with Gasteiger partial charge in [0.15, 0.2) is 14.4 Å². The molecule has 0 aromatic rings. The Morgan fingerprint density at radius 1 is 1.29 bits per heavy atom. The standard InChI is InChI=1S/C17H32N2O4Si/c1-16(2,3)22-15(21)19-11-12(9-13(19)14(20)10-18)23-24(7,8)17(4,5)6/h12-14,20H,9,11H2,1-8H3/t12-,13+,14?/m1/s1. The van der Waals surface area contributed by atoms with Gasteiger partial charge in [0, 0.05) is 6.54 Å². The largest absolute Gasteiger partial charge is 0.444 e. The summed E-state index contributed by atoms with van der Waals surface area (Å²) in [6.07, 6.45) is -1.50. The molecule has 1 heterocycles. The molecule has 138 valence electrons. The van der Waals surface area contributed by atoms with E-state index in [1.807, 2.05) is 6.07 Å². The molecule has 7 heteroatoms. The highest BCUT2D eigenvalue weighted by Crippen LogP contribution is 2.39. The maximum absolute atomic E-state index is 12.4. The van der Waals surface area contributed by atoms with Crippen LogP contribution >= 0.6 is 0 Å². The van der Waals surface area contributed by atoms with Gasteiger partial charge < -0.3 is 14.3 Å². The van der Waals surface area contributed by atoms with Crippen LogP contribution in [-0.2, 0) is 9.16 Å². The van der Waals surface area contributed by atoms with Gasteiger partial charge in [-0.05, 0) is 45.3 Å². The Hall–Kier alpha value is -1.10. The summed E-state index contributed by atoms with van der Waals surface area (Å²) in [6.45, 7) is 16.5. The summed E-state index contributed by atoms with van der Waals surface area (Å²) in [6, 6.07) is 1.23. The number of likely N-dealkylation sites (tertiary alicyclic amines) is 1. The van der Waals surface area contributed by atoms with E-state index in [0.717, 1.165) is 0 Å². The van der Waals surface area contributed by atoms with Crippen LogP contribution in [0.2, 0.25) is 18.1 Å². The lowest BCUT2D eigenvalue weighted by atomic mass is 10.1. The highest BCUT2D eigenvalue weighted by molar-refractivity contribution is 6.74. The minimum absolute atomic E-state index is 0.0513. The van der Waals surface area contributed by atoms with Gasteiger partial charge in [-0.25, -0.2) is 4.79 Å². The molecule has 24 heavy (non-hydrogen) atoms. The molecule has 0 radical (unpaired) electrons. The molecular weight excluding hydrogens is 324 g/mol. The molecule has 1 N–H and O–H groups in total. The molecule has 0 bridgehead atoms. The first-order chi connectivity index (χ1) is 10.7. The predicted molar refractivity (Wildman–Crippen MR) is 95.0 cm³/mol. The van der Waals surface area contributed by atoms with Crippen molar-refractivity contribution in [2.75, 3.05) is 6.54 Å². The summed E-state index contributed by atoms with van der Waals surface area (Å²) < 4.78 is 11.8. The maximum Gasteiger partial charge on any atom is 0.410 e. The number of carbonyl (C=O) groups excluding carboxylic acids is 1. The lowest BCUT2D eigenvalue weighted by Crippen LogP contribution is -2.46. The normalized spacial score (nSPS) is 23.8. The van der Waals surface area contributed by atoms with Crippen LogP contribution in [0.4, 0.5) is 4.79 Å². The van der Waals surface area contributed by atoms with Gasteiger partial charge in [-0.15, -0.1) is 0 Å². The number of nitrogens with zero attached hydrogens (tertiary/aromatic N) is 2. The quantitative estimate of drug-likeness (QED) is 0.620. The minimum atomic E-state index is -2.00. The van der Waals surface area contributed by atoms with Crippen LogP contribution in [-0.4, -0.2) is 54.8 Å². The number of hydrogen-bond donors (Lipinski definition) is 1. The summed E-state index contributed by atoms with van der Waals surface area (Å²) >= 11 is 0. The Morgan fingerprint density at radius 3 is 2.25 bits per heavy atom. The van der Waals surface area contributed by atoms with Crippen molar-refractivity contribution in [1.29, 1.82) is 5.26 Å². The van der Waals surface area contributed by atoms with Crippen LogP contribution in [0.25, 0.3) is 0 Å². The van der Waals surface area contributed by atoms with E-state index in [1.165, 1.54) is 4.90 Å². The van der Waals surface area contributed by atoms with Crippen molar-refractivity contribution in [3.8, 4) is 6.07 Å². The third-order valence-corrected chi connectivity index (χ3v) is 9.23. The zero-order chi connectivity index (χ0) is 18.9. The number of rotatable bonds is 3. The van der Waals surface area contributed by atoms with E-state index in [4.69, 9.17) is 14.4 Å². The molecule has 3 atom stereocenters. The number of aliphatic hydroxyl groups is 1. The van der Waals surface area contributed by atoms with Crippen LogP contribution in [0.3, 0.4) is 0 Å². The molecule has 1 aliphatic rings. The smallest absolute Gasteiger partial charge is 0.410 e. The van der Waals surface area contributed by atoms with Crippen LogP contribution in [0, 0.1) is 11.3 Å². The number of carbonyl (C=O) groups is 1. The van der Waals surface area contributed by atoms with Gasteiger partial charge in [-0.2, -0.15) is 5.26 Å². The highest BCUT2D eigenvalue weighted by Gasteiger charge is 2.46. The molecule has 1 fully saturated rings. The summed E-state index contributed by atoms with van der Waals surface area (Å²) in [5, 5.41) is 19.1. The second-order valence-electron chi connectivity index (χ2n) is 9.01. The highest BCUT2D eigenvalue weighted by atomic mass is 28.4. The third-order valence-electron chi connectivity index (χ3n) is 4.70. The fourth-order valence-corrected chi connectivity index (χ4v) is 3.78. The average molecular weight is 357 g/mol. The van der Waals surface area contributed by atoms with E-state index in [-0.39, 0.29) is 11.1 Å². The number of nitriles is 1. The summed E-state index contributed by atoms with van der Waals surface area (Å²) in [7, 11) is -2.00. The fourth-order valence-electron chi connectivity index (χ4n) is 2.42. The molecule has 1 aliphatic heterocycles. The molecular formula is C17H32N2O4Si. The van der Waals surface area contributed by atoms with Gasteiger partial charge in [-0.3, -0.25) is 4.90 Å². The average Bonchev–Trinajstić information content (AvgIpc) is 2.77. The Balaban J connectivity index is 2.92. The van der Waals surface area contributed by atoms with E-state index >= 15 is 0 Å². The van der Waals surface area contributed by atoms with Crippen molar-refractivity contribution in [1.82, 2.24) is 4.90 Å². The monoisotopic (exact) mass is 356 g/mol. The minimum Gasteiger partial charge on any atom is -0.444 e. The lowest BCUT2D eigenvalue weighted by Gasteiger charge is -2.38. The van der Waals surface area contributed by atoms with Gasteiger partial charge in [0.2, 0.25) is 0 Å². The van der Waals surface area contributed by atoms with Gasteiger partial charge in [0.25, 0.3) is 0 Å². The maximum atomic E-state index is 12.4. The molecule has 0 aromatic heterocycles. The molecule has 0 spiro atoms. The first kappa shape index (κ1) is 20.9. The van der Waals surface area contributed by atoms with Crippen LogP contribution < -0.4 is 0 Å². The predicted octanol–water partition coefficient (Wildman–Crippen LogP) is 3.27. The van der Waals surface area contributed by atoms with Gasteiger partial charge in [0.05, 0.1) is 18.2 Å². The van der Waals surface area contributed by atoms with Crippen molar-refractivity contribution in [2.24, 2.45) is 0 Å². The fraction of sp³-hybridized carbons (Fsp3) is 0.882. The number of ether oxygens (including phenoxy) is 1. The van der Waals surface area contributed by atoms with E-state index in [0.29, 0.717) is 13.0 Å². The molecule has 6 nitrogen and oxygen atoms in total. The van der Waals surface area contributed by atoms with Crippen molar-refractivity contribution in [3.05, 3.63) is 0 Å². The SMILES string of the molecule is CC(C)(C)OC(=O)N1C[C@H](O[Si](C)(C)C(C)(C)C)C[C@H]1C(O)C#N. The van der Waals surface area contributed by atoms with Crippen molar-refractivity contribution in [3.63, 3.8) is 0 Å². The molecule has 1 rings (SSSR count).